The van der Waals surface area contributed by atoms with Crippen LogP contribution in [0.3, 0.4) is 0 Å². The third kappa shape index (κ3) is 2.89. The third-order valence-electron chi connectivity index (χ3n) is 3.04. The van der Waals surface area contributed by atoms with Crippen LogP contribution in [0.1, 0.15) is 9.67 Å². The van der Waals surface area contributed by atoms with Crippen LogP contribution < -0.4 is 14.8 Å². The molecule has 7 heteroatoms. The van der Waals surface area contributed by atoms with E-state index in [0.29, 0.717) is 21.4 Å². The summed E-state index contributed by atoms with van der Waals surface area (Å²) in [6, 6.07) is 10.4. The Hall–Kier alpha value is -2.54. The third-order valence-corrected chi connectivity index (χ3v) is 4.02. The number of nitrogens with one attached hydrogen (secondary N) is 1. The van der Waals surface area contributed by atoms with Crippen LogP contribution in [0.4, 0.5) is 5.00 Å². The number of benzene rings is 1. The van der Waals surface area contributed by atoms with E-state index in [1.165, 1.54) is 7.11 Å². The van der Waals surface area contributed by atoms with Gasteiger partial charge in [0, 0.05) is 0 Å². The molecule has 0 radical (unpaired) electrons. The van der Waals surface area contributed by atoms with E-state index in [0.717, 1.165) is 11.3 Å². The number of para-hydroxylation sites is 2. The van der Waals surface area contributed by atoms with Crippen LogP contribution >= 0.6 is 11.3 Å². The summed E-state index contributed by atoms with van der Waals surface area (Å²) < 4.78 is 15.7. The van der Waals surface area contributed by atoms with Crippen molar-refractivity contribution in [3.63, 3.8) is 0 Å². The molecule has 114 valence electrons. The van der Waals surface area contributed by atoms with Crippen LogP contribution in [0.15, 0.2) is 36.4 Å². The van der Waals surface area contributed by atoms with Gasteiger partial charge in [-0.25, -0.2) is 4.79 Å². The molecular formula is C15H13NO5S. The fourth-order valence-electron chi connectivity index (χ4n) is 1.97. The maximum atomic E-state index is 12.2. The van der Waals surface area contributed by atoms with Crippen LogP contribution in [-0.4, -0.2) is 31.7 Å². The average Bonchev–Trinajstić information content (AvgIpc) is 3.02. The number of hydrogen-bond acceptors (Lipinski definition) is 6. The molecule has 1 amide bonds. The largest absolute Gasteiger partial charge is 0.485 e. The Kier molecular flexibility index (Phi) is 3.97. The summed E-state index contributed by atoms with van der Waals surface area (Å²) in [5.74, 6) is 0.399. The number of methoxy groups -OCH3 is 1. The molecule has 1 aromatic heterocycles. The summed E-state index contributed by atoms with van der Waals surface area (Å²) >= 11 is 1.14. The highest BCUT2D eigenvalue weighted by atomic mass is 32.1. The van der Waals surface area contributed by atoms with Crippen LogP contribution in [-0.2, 0) is 9.53 Å². The summed E-state index contributed by atoms with van der Waals surface area (Å²) in [4.78, 5) is 24.0. The van der Waals surface area contributed by atoms with Crippen molar-refractivity contribution in [3.05, 3.63) is 41.3 Å². The van der Waals surface area contributed by atoms with Gasteiger partial charge in [0.1, 0.15) is 11.5 Å². The fourth-order valence-corrected chi connectivity index (χ4v) is 2.79. The second-order valence-corrected chi connectivity index (χ2v) is 5.59. The summed E-state index contributed by atoms with van der Waals surface area (Å²) in [7, 11) is 1.31. The molecule has 1 unspecified atom stereocenters. The molecule has 3 rings (SSSR count). The highest BCUT2D eigenvalue weighted by molar-refractivity contribution is 7.18. The number of carbonyl (C=O) groups is 2. The molecule has 1 N–H and O–H groups in total. The fraction of sp³-hybridized carbons (Fsp3) is 0.200. The predicted molar refractivity (Wildman–Crippen MR) is 80.6 cm³/mol. The smallest absolute Gasteiger partial charge is 0.348 e. The quantitative estimate of drug-likeness (QED) is 0.879. The first-order valence-electron chi connectivity index (χ1n) is 6.55. The molecule has 0 bridgehead atoms. The molecule has 6 nitrogen and oxygen atoms in total. The van der Waals surface area contributed by atoms with E-state index in [9.17, 15) is 9.59 Å². The number of ether oxygens (including phenoxy) is 3. The van der Waals surface area contributed by atoms with E-state index >= 15 is 0 Å². The molecule has 0 saturated carbocycles. The Morgan fingerprint density at radius 1 is 1.23 bits per heavy atom. The first kappa shape index (κ1) is 14.4. The number of rotatable bonds is 3. The summed E-state index contributed by atoms with van der Waals surface area (Å²) in [6.07, 6.45) is -0.737. The first-order valence-corrected chi connectivity index (χ1v) is 7.36. The normalized spacial score (nSPS) is 16.0. The molecule has 22 heavy (non-hydrogen) atoms. The Labute approximate surface area is 130 Å². The van der Waals surface area contributed by atoms with E-state index in [-0.39, 0.29) is 12.5 Å². The lowest BCUT2D eigenvalue weighted by Gasteiger charge is -2.25. The molecule has 2 aromatic rings. The van der Waals surface area contributed by atoms with Gasteiger partial charge in [0.2, 0.25) is 6.10 Å². The zero-order valence-electron chi connectivity index (χ0n) is 11.7. The summed E-state index contributed by atoms with van der Waals surface area (Å²) in [5.41, 5.74) is 0. The maximum Gasteiger partial charge on any atom is 0.348 e. The molecule has 1 aliphatic heterocycles. The Bertz CT molecular complexity index is 711. The minimum Gasteiger partial charge on any atom is -0.485 e. The van der Waals surface area contributed by atoms with E-state index < -0.39 is 12.1 Å². The topological polar surface area (TPSA) is 73.9 Å². The van der Waals surface area contributed by atoms with Crippen molar-refractivity contribution in [1.82, 2.24) is 0 Å². The van der Waals surface area contributed by atoms with E-state index in [1.807, 2.05) is 12.1 Å². The van der Waals surface area contributed by atoms with Gasteiger partial charge in [0.25, 0.3) is 5.91 Å². The number of esters is 1. The van der Waals surface area contributed by atoms with Crippen LogP contribution in [0.2, 0.25) is 0 Å². The molecular weight excluding hydrogens is 306 g/mol. The van der Waals surface area contributed by atoms with Crippen molar-refractivity contribution in [2.24, 2.45) is 0 Å². The van der Waals surface area contributed by atoms with Crippen LogP contribution in [0.5, 0.6) is 11.5 Å². The van der Waals surface area contributed by atoms with Gasteiger partial charge in [-0.1, -0.05) is 12.1 Å². The molecule has 1 atom stereocenters. The number of thiophene rings is 1. The van der Waals surface area contributed by atoms with Crippen molar-refractivity contribution in [1.29, 1.82) is 0 Å². The Morgan fingerprint density at radius 3 is 2.77 bits per heavy atom. The number of anilines is 1. The maximum absolute atomic E-state index is 12.2. The van der Waals surface area contributed by atoms with Gasteiger partial charge in [0.05, 0.1) is 12.1 Å². The van der Waals surface area contributed by atoms with Crippen molar-refractivity contribution in [2.75, 3.05) is 19.0 Å². The van der Waals surface area contributed by atoms with Crippen molar-refractivity contribution < 1.29 is 23.8 Å². The number of amides is 1. The Morgan fingerprint density at radius 2 is 2.00 bits per heavy atom. The van der Waals surface area contributed by atoms with Gasteiger partial charge in [-0.2, -0.15) is 0 Å². The summed E-state index contributed by atoms with van der Waals surface area (Å²) in [6.45, 7) is 0.137. The van der Waals surface area contributed by atoms with Gasteiger partial charge in [-0.15, -0.1) is 11.3 Å². The van der Waals surface area contributed by atoms with E-state index in [1.54, 1.807) is 24.3 Å². The monoisotopic (exact) mass is 319 g/mol. The molecule has 0 aliphatic carbocycles. The van der Waals surface area contributed by atoms with Crippen molar-refractivity contribution in [2.45, 2.75) is 6.10 Å². The highest BCUT2D eigenvalue weighted by Crippen LogP contribution is 2.31. The molecule has 0 saturated heterocycles. The van der Waals surface area contributed by atoms with Crippen molar-refractivity contribution in [3.8, 4) is 11.5 Å². The number of fused-ring (bicyclic) bond motifs is 1. The second kappa shape index (κ2) is 6.07. The van der Waals surface area contributed by atoms with Gasteiger partial charge >= 0.3 is 5.97 Å². The van der Waals surface area contributed by atoms with Crippen LogP contribution in [0, 0.1) is 0 Å². The van der Waals surface area contributed by atoms with E-state index in [2.05, 4.69) is 10.1 Å². The lowest BCUT2D eigenvalue weighted by molar-refractivity contribution is -0.125. The second-order valence-electron chi connectivity index (χ2n) is 4.51. The van der Waals surface area contributed by atoms with Gasteiger partial charge in [-0.3, -0.25) is 4.79 Å². The average molecular weight is 319 g/mol. The SMILES string of the molecule is COC(=O)c1ccc(NC(=O)C2COc3ccccc3O2)s1. The highest BCUT2D eigenvalue weighted by Gasteiger charge is 2.27. The lowest BCUT2D eigenvalue weighted by Crippen LogP contribution is -2.40. The number of hydrogen-bond donors (Lipinski definition) is 1. The zero-order valence-corrected chi connectivity index (χ0v) is 12.5. The number of carbonyl (C=O) groups excluding carboxylic acids is 2. The van der Waals surface area contributed by atoms with Gasteiger partial charge in [0.15, 0.2) is 11.5 Å². The lowest BCUT2D eigenvalue weighted by atomic mass is 10.2. The Balaban J connectivity index is 1.66. The first-order chi connectivity index (χ1) is 10.7. The van der Waals surface area contributed by atoms with Crippen LogP contribution in [0.25, 0.3) is 0 Å². The molecule has 2 heterocycles. The minimum atomic E-state index is -0.737. The van der Waals surface area contributed by atoms with Crippen molar-refractivity contribution >= 4 is 28.2 Å². The predicted octanol–water partition coefficient (Wildman–Crippen LogP) is 2.31. The van der Waals surface area contributed by atoms with Gasteiger partial charge in [-0.05, 0) is 24.3 Å². The molecule has 0 spiro atoms. The van der Waals surface area contributed by atoms with Gasteiger partial charge < -0.3 is 19.5 Å². The van der Waals surface area contributed by atoms with E-state index in [4.69, 9.17) is 9.47 Å². The molecule has 0 fully saturated rings. The molecule has 1 aliphatic rings. The minimum absolute atomic E-state index is 0.137. The zero-order chi connectivity index (χ0) is 15.5. The molecule has 1 aromatic carbocycles. The standard InChI is InChI=1S/C15H13NO5S/c1-19-15(18)12-6-7-13(22-12)16-14(17)11-8-20-9-4-2-3-5-10(9)21-11/h2-7,11H,8H2,1H3,(H,16,17). The summed E-state index contributed by atoms with van der Waals surface area (Å²) in [5, 5.41) is 3.26.